The predicted octanol–water partition coefficient (Wildman–Crippen LogP) is 1.94. The van der Waals surface area contributed by atoms with E-state index in [2.05, 4.69) is 20.9 Å². The molecule has 0 atom stereocenters. The van der Waals surface area contributed by atoms with Crippen molar-refractivity contribution in [2.24, 2.45) is 0 Å². The topological polar surface area (TPSA) is 114 Å². The fourth-order valence-corrected chi connectivity index (χ4v) is 2.65. The van der Waals surface area contributed by atoms with Gasteiger partial charge < -0.3 is 10.2 Å². The number of carbonyl (C=O) groups is 1. The number of nitrogens with one attached hydrogen (secondary N) is 1. The number of rotatable bonds is 6. The lowest BCUT2D eigenvalue weighted by Crippen LogP contribution is -2.41. The summed E-state index contributed by atoms with van der Waals surface area (Å²) in [6, 6.07) is 3.07. The van der Waals surface area contributed by atoms with Gasteiger partial charge in [0.15, 0.2) is 16.1 Å². The van der Waals surface area contributed by atoms with Crippen molar-refractivity contribution >= 4 is 33.3 Å². The van der Waals surface area contributed by atoms with E-state index in [4.69, 9.17) is 10.2 Å². The van der Waals surface area contributed by atoms with E-state index in [0.717, 1.165) is 12.8 Å². The van der Waals surface area contributed by atoms with Crippen LogP contribution in [-0.4, -0.2) is 22.0 Å². The van der Waals surface area contributed by atoms with E-state index in [9.17, 15) is 14.4 Å². The first-order chi connectivity index (χ1) is 11.4. The molecule has 2 aromatic heterocycles. The zero-order valence-electron chi connectivity index (χ0n) is 13.5. The van der Waals surface area contributed by atoms with E-state index < -0.39 is 17.2 Å². The molecule has 0 bridgehead atoms. The Morgan fingerprint density at radius 3 is 2.62 bits per heavy atom. The summed E-state index contributed by atoms with van der Waals surface area (Å²) >= 11 is 3.13. The smallest absolute Gasteiger partial charge is 0.330 e. The molecule has 0 aromatic carbocycles. The number of nitrogens with zero attached hydrogens (tertiary/aromatic N) is 2. The molecule has 9 heteroatoms. The van der Waals surface area contributed by atoms with Crippen LogP contribution in [0, 0.1) is 0 Å². The van der Waals surface area contributed by atoms with Crippen LogP contribution >= 0.6 is 15.9 Å². The summed E-state index contributed by atoms with van der Waals surface area (Å²) in [7, 11) is 0. The van der Waals surface area contributed by atoms with Crippen LogP contribution < -0.4 is 21.9 Å². The standard InChI is InChI=1S/C15H19BrN4O4/c1-3-5-8-20-12(17)11(13(21)18-15(20)23)19(4-2)14(22)9-6-7-10(16)24-9/h6-7H,3-5,8,17H2,1-2H3,(H,18,21,23). The minimum absolute atomic E-state index is 0.0296. The van der Waals surface area contributed by atoms with Gasteiger partial charge in [-0.05, 0) is 41.4 Å². The molecule has 8 nitrogen and oxygen atoms in total. The molecule has 130 valence electrons. The number of hydrogen-bond acceptors (Lipinski definition) is 5. The first-order valence-electron chi connectivity index (χ1n) is 7.60. The van der Waals surface area contributed by atoms with E-state index in [1.165, 1.54) is 15.5 Å². The SMILES string of the molecule is CCCCn1c(N)c(N(CC)C(=O)c2ccc(Br)o2)c(=O)[nH]c1=O. The van der Waals surface area contributed by atoms with E-state index in [-0.39, 0.29) is 23.8 Å². The molecule has 2 heterocycles. The Bertz CT molecular complexity index is 852. The van der Waals surface area contributed by atoms with Crippen molar-refractivity contribution < 1.29 is 9.21 Å². The summed E-state index contributed by atoms with van der Waals surface area (Å²) in [4.78, 5) is 40.3. The summed E-state index contributed by atoms with van der Waals surface area (Å²) in [5.74, 6) is -0.479. The summed E-state index contributed by atoms with van der Waals surface area (Å²) < 4.78 is 6.92. The third kappa shape index (κ3) is 3.45. The largest absolute Gasteiger partial charge is 0.444 e. The highest BCUT2D eigenvalue weighted by atomic mass is 79.9. The average molecular weight is 399 g/mol. The Balaban J connectivity index is 2.53. The first kappa shape index (κ1) is 18.1. The van der Waals surface area contributed by atoms with Gasteiger partial charge in [0.2, 0.25) is 0 Å². The van der Waals surface area contributed by atoms with Gasteiger partial charge in [-0.15, -0.1) is 0 Å². The fourth-order valence-electron chi connectivity index (χ4n) is 2.34. The number of hydrogen-bond donors (Lipinski definition) is 2. The van der Waals surface area contributed by atoms with E-state index in [1.807, 2.05) is 6.92 Å². The van der Waals surface area contributed by atoms with Crippen LogP contribution in [0.15, 0.2) is 30.8 Å². The number of nitrogen functional groups attached to an aromatic ring is 1. The van der Waals surface area contributed by atoms with Crippen LogP contribution in [0.5, 0.6) is 0 Å². The summed E-state index contributed by atoms with van der Waals surface area (Å²) in [6.45, 7) is 4.24. The van der Waals surface area contributed by atoms with Crippen molar-refractivity contribution in [3.05, 3.63) is 43.4 Å². The van der Waals surface area contributed by atoms with Gasteiger partial charge in [-0.2, -0.15) is 0 Å². The lowest BCUT2D eigenvalue weighted by atomic mass is 10.3. The molecular formula is C15H19BrN4O4. The van der Waals surface area contributed by atoms with Crippen LogP contribution in [0.25, 0.3) is 0 Å². The molecule has 2 rings (SSSR count). The Morgan fingerprint density at radius 2 is 2.08 bits per heavy atom. The number of aromatic nitrogens is 2. The minimum Gasteiger partial charge on any atom is -0.444 e. The molecule has 0 aliphatic heterocycles. The Hall–Kier alpha value is -2.29. The summed E-state index contributed by atoms with van der Waals surface area (Å²) in [6.07, 6.45) is 1.58. The van der Waals surface area contributed by atoms with Gasteiger partial charge in [0, 0.05) is 13.1 Å². The van der Waals surface area contributed by atoms with Gasteiger partial charge in [0.05, 0.1) is 0 Å². The molecule has 0 saturated heterocycles. The second-order valence-electron chi connectivity index (χ2n) is 5.15. The molecule has 1 amide bonds. The van der Waals surface area contributed by atoms with Crippen LogP contribution in [0.3, 0.4) is 0 Å². The second kappa shape index (κ2) is 7.52. The molecule has 0 spiro atoms. The number of anilines is 2. The predicted molar refractivity (Wildman–Crippen MR) is 94.4 cm³/mol. The number of aromatic amines is 1. The molecule has 0 aliphatic rings. The molecule has 24 heavy (non-hydrogen) atoms. The normalized spacial score (nSPS) is 10.8. The van der Waals surface area contributed by atoms with Crippen molar-refractivity contribution in [3.8, 4) is 0 Å². The van der Waals surface area contributed by atoms with Gasteiger partial charge in [-0.25, -0.2) is 4.79 Å². The van der Waals surface area contributed by atoms with Crippen LogP contribution in [0.2, 0.25) is 0 Å². The highest BCUT2D eigenvalue weighted by Gasteiger charge is 2.25. The number of furan rings is 1. The zero-order chi connectivity index (χ0) is 17.9. The molecule has 3 N–H and O–H groups in total. The maximum atomic E-state index is 12.6. The van der Waals surface area contributed by atoms with Gasteiger partial charge in [-0.3, -0.25) is 24.0 Å². The molecular weight excluding hydrogens is 380 g/mol. The van der Waals surface area contributed by atoms with E-state index >= 15 is 0 Å². The zero-order valence-corrected chi connectivity index (χ0v) is 15.1. The number of nitrogens with two attached hydrogens (primary N) is 1. The van der Waals surface area contributed by atoms with Crippen molar-refractivity contribution in [3.63, 3.8) is 0 Å². The van der Waals surface area contributed by atoms with Crippen LogP contribution in [-0.2, 0) is 6.54 Å². The molecule has 0 aliphatic carbocycles. The minimum atomic E-state index is -0.703. The Kier molecular flexibility index (Phi) is 5.66. The van der Waals surface area contributed by atoms with Crippen LogP contribution in [0.4, 0.5) is 11.5 Å². The maximum absolute atomic E-state index is 12.6. The molecule has 0 unspecified atom stereocenters. The maximum Gasteiger partial charge on any atom is 0.330 e. The highest BCUT2D eigenvalue weighted by Crippen LogP contribution is 2.21. The van der Waals surface area contributed by atoms with Crippen LogP contribution in [0.1, 0.15) is 37.2 Å². The van der Waals surface area contributed by atoms with Gasteiger partial charge in [0.25, 0.3) is 11.5 Å². The monoisotopic (exact) mass is 398 g/mol. The number of H-pyrrole nitrogens is 1. The van der Waals surface area contributed by atoms with Gasteiger partial charge in [-0.1, -0.05) is 13.3 Å². The van der Waals surface area contributed by atoms with Crippen molar-refractivity contribution in [1.29, 1.82) is 0 Å². The van der Waals surface area contributed by atoms with Crippen molar-refractivity contribution in [2.45, 2.75) is 33.2 Å². The number of unbranched alkanes of at least 4 members (excludes halogenated alkanes) is 1. The average Bonchev–Trinajstić information content (AvgIpc) is 2.97. The molecule has 2 aromatic rings. The van der Waals surface area contributed by atoms with E-state index in [0.29, 0.717) is 11.2 Å². The molecule has 0 saturated carbocycles. The lowest BCUT2D eigenvalue weighted by molar-refractivity contribution is 0.0960. The first-order valence-corrected chi connectivity index (χ1v) is 8.39. The molecule has 0 fully saturated rings. The summed E-state index contributed by atoms with van der Waals surface area (Å²) in [5, 5.41) is 0. The Labute approximate surface area is 146 Å². The van der Waals surface area contributed by atoms with Crippen molar-refractivity contribution in [1.82, 2.24) is 9.55 Å². The van der Waals surface area contributed by atoms with Gasteiger partial charge >= 0.3 is 5.69 Å². The molecule has 0 radical (unpaired) electrons. The third-order valence-corrected chi connectivity index (χ3v) is 3.99. The Morgan fingerprint density at radius 1 is 1.38 bits per heavy atom. The number of carbonyl (C=O) groups excluding carboxylic acids is 1. The highest BCUT2D eigenvalue weighted by molar-refractivity contribution is 9.10. The second-order valence-corrected chi connectivity index (χ2v) is 5.93. The van der Waals surface area contributed by atoms with E-state index in [1.54, 1.807) is 13.0 Å². The van der Waals surface area contributed by atoms with Crippen molar-refractivity contribution in [2.75, 3.05) is 17.2 Å². The summed E-state index contributed by atoms with van der Waals surface area (Å²) in [5.41, 5.74) is 4.70. The lowest BCUT2D eigenvalue weighted by Gasteiger charge is -2.22. The third-order valence-electron chi connectivity index (χ3n) is 3.56. The van der Waals surface area contributed by atoms with Gasteiger partial charge in [0.1, 0.15) is 5.82 Å². The number of halogens is 1. The number of amides is 1. The fraction of sp³-hybridized carbons (Fsp3) is 0.400. The quantitative estimate of drug-likeness (QED) is 0.771.